The molecule has 0 amide bonds. The van der Waals surface area contributed by atoms with Gasteiger partial charge in [-0.2, -0.15) is 11.8 Å². The largest absolute Gasteiger partial charge is 0.376 e. The molecule has 82 valence electrons. The highest BCUT2D eigenvalue weighted by atomic mass is 32.2. The molecule has 15 heavy (non-hydrogen) atoms. The van der Waals surface area contributed by atoms with Gasteiger partial charge >= 0.3 is 0 Å². The summed E-state index contributed by atoms with van der Waals surface area (Å²) >= 11 is 6.62. The van der Waals surface area contributed by atoms with E-state index in [4.69, 9.17) is 18.0 Å². The van der Waals surface area contributed by atoms with Gasteiger partial charge in [-0.3, -0.25) is 0 Å². The molecule has 0 radical (unpaired) electrons. The van der Waals surface area contributed by atoms with E-state index in [1.807, 2.05) is 17.8 Å². The molecular formula is C11H16N2S2. The van der Waals surface area contributed by atoms with Crippen LogP contribution in [0.25, 0.3) is 0 Å². The van der Waals surface area contributed by atoms with Gasteiger partial charge in [-0.05, 0) is 24.7 Å². The van der Waals surface area contributed by atoms with Crippen molar-refractivity contribution in [3.8, 4) is 0 Å². The molecule has 1 rings (SSSR count). The molecule has 3 N–H and O–H groups in total. The predicted octanol–water partition coefficient (Wildman–Crippen LogP) is 2.31. The average molecular weight is 240 g/mol. The van der Waals surface area contributed by atoms with Gasteiger partial charge in [-0.15, -0.1) is 0 Å². The van der Waals surface area contributed by atoms with Crippen LogP contribution in [0.3, 0.4) is 0 Å². The van der Waals surface area contributed by atoms with Crippen molar-refractivity contribution in [3.63, 3.8) is 0 Å². The first kappa shape index (κ1) is 12.3. The number of hydrogen-bond donors (Lipinski definition) is 2. The third-order valence-electron chi connectivity index (χ3n) is 2.04. The summed E-state index contributed by atoms with van der Waals surface area (Å²) in [5.41, 5.74) is 6.69. The van der Waals surface area contributed by atoms with Crippen LogP contribution in [0.15, 0.2) is 30.3 Å². The average Bonchev–Trinajstić information content (AvgIpc) is 2.25. The van der Waals surface area contributed by atoms with Gasteiger partial charge in [0.1, 0.15) is 0 Å². The highest BCUT2D eigenvalue weighted by molar-refractivity contribution is 7.99. The maximum Gasteiger partial charge on any atom is 0.163 e. The molecule has 0 aliphatic carbocycles. The second-order valence-electron chi connectivity index (χ2n) is 3.21. The molecule has 0 saturated heterocycles. The Hall–Kier alpha value is -0.740. The van der Waals surface area contributed by atoms with Crippen LogP contribution in [0.4, 0.5) is 0 Å². The van der Waals surface area contributed by atoms with Gasteiger partial charge in [-0.25, -0.2) is 0 Å². The molecule has 1 atom stereocenters. The normalized spacial score (nSPS) is 12.1. The summed E-state index contributed by atoms with van der Waals surface area (Å²) in [6.45, 7) is 3.04. The summed E-state index contributed by atoms with van der Waals surface area (Å²) in [6, 6.07) is 10.5. The minimum Gasteiger partial charge on any atom is -0.376 e. The fourth-order valence-electron chi connectivity index (χ4n) is 1.23. The smallest absolute Gasteiger partial charge is 0.163 e. The van der Waals surface area contributed by atoms with E-state index in [1.54, 1.807) is 0 Å². The standard InChI is InChI=1S/C11H16N2S2/c1-9(10-5-3-2-4-6-10)15-8-7-13-11(12)14/h2-6,9H,7-8H2,1H3,(H3,12,13,14). The van der Waals surface area contributed by atoms with Crippen LogP contribution < -0.4 is 11.1 Å². The van der Waals surface area contributed by atoms with E-state index in [0.29, 0.717) is 10.4 Å². The van der Waals surface area contributed by atoms with Gasteiger partial charge in [0.25, 0.3) is 0 Å². The number of thiocarbonyl (C=S) groups is 1. The van der Waals surface area contributed by atoms with E-state index in [2.05, 4.69) is 36.5 Å². The lowest BCUT2D eigenvalue weighted by molar-refractivity contribution is 0.975. The molecule has 1 aromatic carbocycles. The molecule has 0 spiro atoms. The van der Waals surface area contributed by atoms with Gasteiger partial charge in [0.15, 0.2) is 5.11 Å². The summed E-state index contributed by atoms with van der Waals surface area (Å²) in [5, 5.41) is 3.83. The molecule has 0 aliphatic heterocycles. The summed E-state index contributed by atoms with van der Waals surface area (Å²) in [5.74, 6) is 1.01. The van der Waals surface area contributed by atoms with Crippen molar-refractivity contribution in [1.29, 1.82) is 0 Å². The molecule has 0 bridgehead atoms. The highest BCUT2D eigenvalue weighted by Crippen LogP contribution is 2.26. The molecule has 0 saturated carbocycles. The zero-order chi connectivity index (χ0) is 11.1. The number of rotatable bonds is 5. The first-order valence-electron chi connectivity index (χ1n) is 4.90. The summed E-state index contributed by atoms with van der Waals surface area (Å²) < 4.78 is 0. The van der Waals surface area contributed by atoms with Crippen molar-refractivity contribution in [3.05, 3.63) is 35.9 Å². The molecular weight excluding hydrogens is 224 g/mol. The number of hydrogen-bond acceptors (Lipinski definition) is 2. The number of thioether (sulfide) groups is 1. The molecule has 0 heterocycles. The molecule has 0 aliphatic rings. The fourth-order valence-corrected chi connectivity index (χ4v) is 2.26. The van der Waals surface area contributed by atoms with Crippen molar-refractivity contribution < 1.29 is 0 Å². The summed E-state index contributed by atoms with van der Waals surface area (Å²) in [7, 11) is 0. The van der Waals surface area contributed by atoms with Gasteiger partial charge in [0.2, 0.25) is 0 Å². The maximum atomic E-state index is 5.33. The lowest BCUT2D eigenvalue weighted by atomic mass is 10.2. The predicted molar refractivity (Wildman–Crippen MR) is 72.1 cm³/mol. The van der Waals surface area contributed by atoms with E-state index < -0.39 is 0 Å². The van der Waals surface area contributed by atoms with Crippen LogP contribution >= 0.6 is 24.0 Å². The first-order valence-corrected chi connectivity index (χ1v) is 6.35. The lowest BCUT2D eigenvalue weighted by Crippen LogP contribution is -2.30. The Morgan fingerprint density at radius 3 is 2.73 bits per heavy atom. The minimum absolute atomic E-state index is 0.378. The Labute approximate surface area is 101 Å². The highest BCUT2D eigenvalue weighted by Gasteiger charge is 2.04. The van der Waals surface area contributed by atoms with Crippen LogP contribution in [-0.4, -0.2) is 17.4 Å². The second-order valence-corrected chi connectivity index (χ2v) is 5.10. The van der Waals surface area contributed by atoms with E-state index >= 15 is 0 Å². The van der Waals surface area contributed by atoms with E-state index in [9.17, 15) is 0 Å². The summed E-state index contributed by atoms with van der Waals surface area (Å²) in [6.07, 6.45) is 0. The number of nitrogens with two attached hydrogens (primary N) is 1. The molecule has 0 aromatic heterocycles. The van der Waals surface area contributed by atoms with Crippen molar-refractivity contribution >= 4 is 29.1 Å². The van der Waals surface area contributed by atoms with Gasteiger partial charge in [-0.1, -0.05) is 30.3 Å². The van der Waals surface area contributed by atoms with Crippen molar-refractivity contribution in [2.75, 3.05) is 12.3 Å². The Balaban J connectivity index is 2.25. The summed E-state index contributed by atoms with van der Waals surface area (Å²) in [4.78, 5) is 0. The number of benzene rings is 1. The van der Waals surface area contributed by atoms with E-state index in [1.165, 1.54) is 5.56 Å². The molecule has 1 unspecified atom stereocenters. The molecule has 0 fully saturated rings. The van der Waals surface area contributed by atoms with E-state index in [-0.39, 0.29) is 0 Å². The van der Waals surface area contributed by atoms with Crippen molar-refractivity contribution in [2.45, 2.75) is 12.2 Å². The Bertz CT molecular complexity index is 301. The van der Waals surface area contributed by atoms with Crippen LogP contribution in [0.1, 0.15) is 17.7 Å². The van der Waals surface area contributed by atoms with Gasteiger partial charge in [0.05, 0.1) is 0 Å². The molecule has 2 nitrogen and oxygen atoms in total. The fraction of sp³-hybridized carbons (Fsp3) is 0.364. The number of nitrogens with one attached hydrogen (secondary N) is 1. The molecule has 1 aromatic rings. The molecule has 4 heteroatoms. The van der Waals surface area contributed by atoms with Crippen molar-refractivity contribution in [1.82, 2.24) is 5.32 Å². The Morgan fingerprint density at radius 2 is 2.13 bits per heavy atom. The van der Waals surface area contributed by atoms with Gasteiger partial charge < -0.3 is 11.1 Å². The minimum atomic E-state index is 0.378. The zero-order valence-corrected chi connectivity index (χ0v) is 10.4. The SMILES string of the molecule is CC(SCCNC(N)=S)c1ccccc1. The monoisotopic (exact) mass is 240 g/mol. The third-order valence-corrected chi connectivity index (χ3v) is 3.39. The van der Waals surface area contributed by atoms with E-state index in [0.717, 1.165) is 12.3 Å². The van der Waals surface area contributed by atoms with Crippen LogP contribution in [0.5, 0.6) is 0 Å². The first-order chi connectivity index (χ1) is 7.20. The van der Waals surface area contributed by atoms with Crippen LogP contribution in [0, 0.1) is 0 Å². The topological polar surface area (TPSA) is 38.0 Å². The Kier molecular flexibility index (Phi) is 5.50. The van der Waals surface area contributed by atoms with Crippen LogP contribution in [-0.2, 0) is 0 Å². The third kappa shape index (κ3) is 5.04. The maximum absolute atomic E-state index is 5.33. The Morgan fingerprint density at radius 1 is 1.47 bits per heavy atom. The van der Waals surface area contributed by atoms with Gasteiger partial charge in [0, 0.05) is 17.5 Å². The zero-order valence-electron chi connectivity index (χ0n) is 8.77. The lowest BCUT2D eigenvalue weighted by Gasteiger charge is -2.11. The van der Waals surface area contributed by atoms with Crippen LogP contribution in [0.2, 0.25) is 0 Å². The quantitative estimate of drug-likeness (QED) is 0.612. The second kappa shape index (κ2) is 6.69. The van der Waals surface area contributed by atoms with Crippen molar-refractivity contribution in [2.24, 2.45) is 5.73 Å².